The van der Waals surface area contributed by atoms with Crippen LogP contribution in [0.1, 0.15) is 0 Å². The lowest BCUT2D eigenvalue weighted by molar-refractivity contribution is 0.351. The van der Waals surface area contributed by atoms with Crippen molar-refractivity contribution in [3.8, 4) is 22.6 Å². The number of hydrogen-bond donors (Lipinski definition) is 2. The lowest BCUT2D eigenvalue weighted by Crippen LogP contribution is -1.99. The van der Waals surface area contributed by atoms with Crippen LogP contribution in [0, 0.1) is 11.6 Å². The van der Waals surface area contributed by atoms with Gasteiger partial charge in [0.15, 0.2) is 17.3 Å². The number of nitrogens with zero attached hydrogens (tertiary/aromatic N) is 2. The van der Waals surface area contributed by atoms with Crippen molar-refractivity contribution < 1.29 is 18.6 Å². The lowest BCUT2D eigenvalue weighted by atomic mass is 10.1. The van der Waals surface area contributed by atoms with Crippen LogP contribution < -0.4 is 10.5 Å². The van der Waals surface area contributed by atoms with E-state index < -0.39 is 17.4 Å². The van der Waals surface area contributed by atoms with Crippen molar-refractivity contribution in [3.05, 3.63) is 23.9 Å². The van der Waals surface area contributed by atoms with Crippen LogP contribution >= 0.6 is 0 Å². The van der Waals surface area contributed by atoms with E-state index in [2.05, 4.69) is 5.10 Å². The molecule has 18 heavy (non-hydrogen) atoms. The fourth-order valence-corrected chi connectivity index (χ4v) is 1.60. The van der Waals surface area contributed by atoms with Gasteiger partial charge in [-0.3, -0.25) is 4.68 Å². The molecule has 0 amide bonds. The van der Waals surface area contributed by atoms with E-state index in [9.17, 15) is 13.9 Å². The quantitative estimate of drug-likeness (QED) is 0.856. The lowest BCUT2D eigenvalue weighted by Gasteiger charge is -2.09. The molecule has 0 saturated heterocycles. The molecule has 1 heterocycles. The van der Waals surface area contributed by atoms with Gasteiger partial charge in [-0.1, -0.05) is 0 Å². The van der Waals surface area contributed by atoms with E-state index in [1.54, 1.807) is 7.05 Å². The number of nitrogen functional groups attached to an aromatic ring is 1. The molecule has 0 aliphatic rings. The zero-order valence-corrected chi connectivity index (χ0v) is 9.74. The van der Waals surface area contributed by atoms with Crippen LogP contribution in [0.25, 0.3) is 11.1 Å². The molecule has 5 nitrogen and oxygen atoms in total. The largest absolute Gasteiger partial charge is 0.503 e. The van der Waals surface area contributed by atoms with Crippen LogP contribution in [0.2, 0.25) is 0 Å². The van der Waals surface area contributed by atoms with Gasteiger partial charge in [0, 0.05) is 18.2 Å². The monoisotopic (exact) mass is 255 g/mol. The standard InChI is InChI=1S/C11H11F2N3O2/c1-16-11(14)6(4-15-16)5-3-7(18-2)9(13)10(17)8(5)12/h3-4,17H,14H2,1-2H3. The minimum absolute atomic E-state index is 0.0728. The predicted molar refractivity (Wildman–Crippen MR) is 61.2 cm³/mol. The van der Waals surface area contributed by atoms with Crippen molar-refractivity contribution in [2.24, 2.45) is 7.05 Å². The second-order valence-electron chi connectivity index (χ2n) is 3.67. The highest BCUT2D eigenvalue weighted by molar-refractivity contribution is 5.76. The number of phenols is 1. The number of hydrogen-bond acceptors (Lipinski definition) is 4. The first-order valence-corrected chi connectivity index (χ1v) is 5.00. The van der Waals surface area contributed by atoms with E-state index in [-0.39, 0.29) is 22.7 Å². The summed E-state index contributed by atoms with van der Waals surface area (Å²) in [6.07, 6.45) is 1.32. The maximum atomic E-state index is 13.8. The van der Waals surface area contributed by atoms with Crippen LogP contribution in [0.5, 0.6) is 11.5 Å². The van der Waals surface area contributed by atoms with E-state index in [0.29, 0.717) is 0 Å². The molecule has 0 aliphatic heterocycles. The molecule has 0 atom stereocenters. The summed E-state index contributed by atoms with van der Waals surface area (Å²) in [5.74, 6) is -3.43. The van der Waals surface area contributed by atoms with E-state index in [0.717, 1.165) is 6.07 Å². The number of aromatic hydroxyl groups is 1. The third-order valence-electron chi connectivity index (χ3n) is 2.64. The maximum absolute atomic E-state index is 13.8. The van der Waals surface area contributed by atoms with Gasteiger partial charge >= 0.3 is 0 Å². The Morgan fingerprint density at radius 1 is 1.33 bits per heavy atom. The average molecular weight is 255 g/mol. The molecule has 0 spiro atoms. The number of phenolic OH excluding ortho intramolecular Hbond substituents is 1. The molecule has 2 aromatic rings. The van der Waals surface area contributed by atoms with Crippen molar-refractivity contribution in [3.63, 3.8) is 0 Å². The van der Waals surface area contributed by atoms with Gasteiger partial charge in [0.25, 0.3) is 0 Å². The number of aryl methyl sites for hydroxylation is 1. The number of halogens is 2. The molecule has 0 fully saturated rings. The number of aromatic nitrogens is 2. The molecule has 2 rings (SSSR count). The van der Waals surface area contributed by atoms with Gasteiger partial charge in [-0.2, -0.15) is 9.49 Å². The summed E-state index contributed by atoms with van der Waals surface area (Å²) >= 11 is 0. The maximum Gasteiger partial charge on any atom is 0.209 e. The van der Waals surface area contributed by atoms with Gasteiger partial charge in [0.2, 0.25) is 5.82 Å². The van der Waals surface area contributed by atoms with Crippen molar-refractivity contribution in [2.45, 2.75) is 0 Å². The Bertz CT molecular complexity index is 611. The molecule has 1 aromatic carbocycles. The molecule has 0 saturated carbocycles. The zero-order valence-electron chi connectivity index (χ0n) is 9.74. The zero-order chi connectivity index (χ0) is 13.4. The minimum atomic E-state index is -1.15. The molecule has 0 aliphatic carbocycles. The predicted octanol–water partition coefficient (Wildman–Crippen LogP) is 1.66. The van der Waals surface area contributed by atoms with Crippen molar-refractivity contribution in [2.75, 3.05) is 12.8 Å². The molecule has 7 heteroatoms. The van der Waals surface area contributed by atoms with E-state index in [4.69, 9.17) is 10.5 Å². The number of rotatable bonds is 2. The van der Waals surface area contributed by atoms with Gasteiger partial charge in [0.1, 0.15) is 5.82 Å². The average Bonchev–Trinajstić information content (AvgIpc) is 2.68. The smallest absolute Gasteiger partial charge is 0.209 e. The van der Waals surface area contributed by atoms with E-state index >= 15 is 0 Å². The molecule has 96 valence electrons. The highest BCUT2D eigenvalue weighted by atomic mass is 19.1. The Hall–Kier alpha value is -2.31. The number of benzene rings is 1. The number of nitrogens with two attached hydrogens (primary N) is 1. The molecule has 3 N–H and O–H groups in total. The van der Waals surface area contributed by atoms with Gasteiger partial charge in [-0.25, -0.2) is 4.39 Å². The first-order chi connectivity index (χ1) is 8.47. The van der Waals surface area contributed by atoms with Gasteiger partial charge in [-0.05, 0) is 6.07 Å². The van der Waals surface area contributed by atoms with Gasteiger partial charge < -0.3 is 15.6 Å². The Labute approximate surface area is 101 Å². The Kier molecular flexibility index (Phi) is 2.82. The number of methoxy groups -OCH3 is 1. The molecule has 1 aromatic heterocycles. The van der Waals surface area contributed by atoms with E-state index in [1.807, 2.05) is 0 Å². The fourth-order valence-electron chi connectivity index (χ4n) is 1.60. The highest BCUT2D eigenvalue weighted by Gasteiger charge is 2.21. The van der Waals surface area contributed by atoms with Crippen LogP contribution in [0.3, 0.4) is 0 Å². The van der Waals surface area contributed by atoms with Crippen LogP contribution in [0.4, 0.5) is 14.6 Å². The van der Waals surface area contributed by atoms with Crippen molar-refractivity contribution in [1.29, 1.82) is 0 Å². The Morgan fingerprint density at radius 2 is 2.00 bits per heavy atom. The minimum Gasteiger partial charge on any atom is -0.503 e. The first kappa shape index (κ1) is 12.2. The van der Waals surface area contributed by atoms with Crippen LogP contribution in [-0.2, 0) is 7.05 Å². The van der Waals surface area contributed by atoms with Crippen LogP contribution in [0.15, 0.2) is 12.3 Å². The summed E-state index contributed by atoms with van der Waals surface area (Å²) in [6, 6.07) is 1.12. The third-order valence-corrected chi connectivity index (χ3v) is 2.64. The number of ether oxygens (including phenoxy) is 1. The normalized spacial score (nSPS) is 10.7. The van der Waals surface area contributed by atoms with Crippen LogP contribution in [-0.4, -0.2) is 22.0 Å². The summed E-state index contributed by atoms with van der Waals surface area (Å²) in [5, 5.41) is 13.2. The molecular formula is C11H11F2N3O2. The summed E-state index contributed by atoms with van der Waals surface area (Å²) in [5.41, 5.74) is 5.88. The highest BCUT2D eigenvalue weighted by Crippen LogP contribution is 2.38. The summed E-state index contributed by atoms with van der Waals surface area (Å²) in [4.78, 5) is 0. The van der Waals surface area contributed by atoms with Gasteiger partial charge in [-0.15, -0.1) is 0 Å². The molecular weight excluding hydrogens is 244 g/mol. The summed E-state index contributed by atoms with van der Waals surface area (Å²) in [7, 11) is 2.80. The molecule has 0 radical (unpaired) electrons. The topological polar surface area (TPSA) is 73.3 Å². The van der Waals surface area contributed by atoms with Crippen molar-refractivity contribution in [1.82, 2.24) is 9.78 Å². The number of anilines is 1. The molecule has 0 unspecified atom stereocenters. The second kappa shape index (κ2) is 4.17. The fraction of sp³-hybridized carbons (Fsp3) is 0.182. The van der Waals surface area contributed by atoms with Gasteiger partial charge in [0.05, 0.1) is 13.3 Å². The Balaban J connectivity index is 2.72. The van der Waals surface area contributed by atoms with Crippen molar-refractivity contribution >= 4 is 5.82 Å². The Morgan fingerprint density at radius 3 is 2.50 bits per heavy atom. The second-order valence-corrected chi connectivity index (χ2v) is 3.67. The summed E-state index contributed by atoms with van der Waals surface area (Å²) < 4.78 is 33.3. The summed E-state index contributed by atoms with van der Waals surface area (Å²) in [6.45, 7) is 0. The molecule has 0 bridgehead atoms. The first-order valence-electron chi connectivity index (χ1n) is 5.00. The van der Waals surface area contributed by atoms with E-state index in [1.165, 1.54) is 18.0 Å². The third kappa shape index (κ3) is 1.64. The SMILES string of the molecule is COc1cc(-c2cnn(C)c2N)c(F)c(O)c1F.